The van der Waals surface area contributed by atoms with E-state index in [-0.39, 0.29) is 0 Å². The molecular weight excluding hydrogens is 242 g/mol. The van der Waals surface area contributed by atoms with Gasteiger partial charge in [0, 0.05) is 25.2 Å². The molecule has 2 rings (SSSR count). The van der Waals surface area contributed by atoms with E-state index >= 15 is 0 Å². The highest BCUT2D eigenvalue weighted by Crippen LogP contribution is 2.30. The Morgan fingerprint density at radius 3 is 2.53 bits per heavy atom. The van der Waals surface area contributed by atoms with Gasteiger partial charge < -0.3 is 15.4 Å². The van der Waals surface area contributed by atoms with Gasteiger partial charge in [0.1, 0.15) is 12.0 Å². The fourth-order valence-electron chi connectivity index (χ4n) is 2.45. The maximum atomic E-state index is 6.12. The predicted molar refractivity (Wildman–Crippen MR) is 76.5 cm³/mol. The molecule has 106 valence electrons. The minimum atomic E-state index is 0.466. The molecule has 1 fully saturated rings. The van der Waals surface area contributed by atoms with Crippen LogP contribution in [0.3, 0.4) is 0 Å². The van der Waals surface area contributed by atoms with Crippen LogP contribution in [0.4, 0.5) is 11.5 Å². The summed E-state index contributed by atoms with van der Waals surface area (Å²) in [6, 6.07) is 0.933. The highest BCUT2D eigenvalue weighted by Gasteiger charge is 2.28. The van der Waals surface area contributed by atoms with Gasteiger partial charge in [-0.3, -0.25) is 4.90 Å². The second-order valence-electron chi connectivity index (χ2n) is 5.12. The van der Waals surface area contributed by atoms with Gasteiger partial charge in [0.25, 0.3) is 0 Å². The van der Waals surface area contributed by atoms with Crippen molar-refractivity contribution in [2.45, 2.75) is 32.9 Å². The van der Waals surface area contributed by atoms with E-state index in [1.165, 1.54) is 6.33 Å². The minimum Gasteiger partial charge on any atom is -0.476 e. The molecular formula is C13H23N5O. The molecule has 1 aromatic rings. The van der Waals surface area contributed by atoms with Gasteiger partial charge in [0.05, 0.1) is 6.61 Å². The molecule has 0 amide bonds. The highest BCUT2D eigenvalue weighted by molar-refractivity contribution is 5.68. The van der Waals surface area contributed by atoms with Crippen LogP contribution in [0.5, 0.6) is 5.88 Å². The minimum absolute atomic E-state index is 0.466. The summed E-state index contributed by atoms with van der Waals surface area (Å²) in [6.45, 7) is 8.71. The van der Waals surface area contributed by atoms with Gasteiger partial charge in [-0.1, -0.05) is 0 Å². The topological polar surface area (TPSA) is 67.5 Å². The summed E-state index contributed by atoms with van der Waals surface area (Å²) in [4.78, 5) is 13.0. The fourth-order valence-corrected chi connectivity index (χ4v) is 2.45. The highest BCUT2D eigenvalue weighted by atomic mass is 16.5. The van der Waals surface area contributed by atoms with Crippen LogP contribution in [-0.4, -0.2) is 53.7 Å². The average Bonchev–Trinajstić information content (AvgIpc) is 2.38. The quantitative estimate of drug-likeness (QED) is 0.879. The number of hydrogen-bond acceptors (Lipinski definition) is 6. The van der Waals surface area contributed by atoms with E-state index in [1.807, 2.05) is 6.92 Å². The zero-order valence-corrected chi connectivity index (χ0v) is 12.1. The number of nitrogens with two attached hydrogens (primary N) is 1. The number of nitrogens with zero attached hydrogens (tertiary/aromatic N) is 4. The smallest absolute Gasteiger partial charge is 0.242 e. The van der Waals surface area contributed by atoms with Crippen LogP contribution in [0.15, 0.2) is 6.33 Å². The standard InChI is InChI=1S/C13H23N5O/c1-5-19-13-11(14)12(15-8-16-13)18-6-9(2)17(4)10(3)7-18/h8-10H,5-7,14H2,1-4H3. The summed E-state index contributed by atoms with van der Waals surface area (Å²) in [6.07, 6.45) is 1.52. The van der Waals surface area contributed by atoms with E-state index in [0.29, 0.717) is 30.3 Å². The first-order valence-electron chi connectivity index (χ1n) is 6.74. The van der Waals surface area contributed by atoms with E-state index in [1.54, 1.807) is 0 Å². The van der Waals surface area contributed by atoms with Gasteiger partial charge in [0.2, 0.25) is 5.88 Å². The lowest BCUT2D eigenvalue weighted by molar-refractivity contribution is 0.169. The van der Waals surface area contributed by atoms with Crippen LogP contribution < -0.4 is 15.4 Å². The monoisotopic (exact) mass is 265 g/mol. The van der Waals surface area contributed by atoms with Crippen LogP contribution >= 0.6 is 0 Å². The number of ether oxygens (including phenoxy) is 1. The molecule has 1 saturated heterocycles. The van der Waals surface area contributed by atoms with Crippen molar-refractivity contribution in [3.05, 3.63) is 6.33 Å². The fraction of sp³-hybridized carbons (Fsp3) is 0.692. The number of likely N-dealkylation sites (N-methyl/N-ethyl adjacent to an activating group) is 1. The summed E-state index contributed by atoms with van der Waals surface area (Å²) >= 11 is 0. The summed E-state index contributed by atoms with van der Waals surface area (Å²) < 4.78 is 5.43. The first-order chi connectivity index (χ1) is 9.04. The number of piperazine rings is 1. The summed E-state index contributed by atoms with van der Waals surface area (Å²) in [5.41, 5.74) is 6.66. The van der Waals surface area contributed by atoms with Crippen molar-refractivity contribution in [3.63, 3.8) is 0 Å². The van der Waals surface area contributed by atoms with E-state index in [0.717, 1.165) is 18.9 Å². The molecule has 19 heavy (non-hydrogen) atoms. The zero-order valence-electron chi connectivity index (χ0n) is 12.1. The van der Waals surface area contributed by atoms with Gasteiger partial charge in [-0.05, 0) is 27.8 Å². The molecule has 1 aromatic heterocycles. The molecule has 0 bridgehead atoms. The third-order valence-corrected chi connectivity index (χ3v) is 3.77. The van der Waals surface area contributed by atoms with Gasteiger partial charge in [-0.25, -0.2) is 4.98 Å². The first kappa shape index (κ1) is 13.9. The lowest BCUT2D eigenvalue weighted by Crippen LogP contribution is -2.55. The van der Waals surface area contributed by atoms with Crippen LogP contribution in [0, 0.1) is 0 Å². The average molecular weight is 265 g/mol. The molecule has 2 atom stereocenters. The summed E-state index contributed by atoms with van der Waals surface area (Å²) in [5, 5.41) is 0. The number of aromatic nitrogens is 2. The van der Waals surface area contributed by atoms with Crippen LogP contribution in [0.25, 0.3) is 0 Å². The zero-order chi connectivity index (χ0) is 14.0. The van der Waals surface area contributed by atoms with Gasteiger partial charge in [0.15, 0.2) is 5.82 Å². The molecule has 0 aliphatic carbocycles. The second kappa shape index (κ2) is 5.61. The van der Waals surface area contributed by atoms with Crippen LogP contribution in [0.1, 0.15) is 20.8 Å². The first-order valence-corrected chi connectivity index (χ1v) is 6.74. The molecule has 2 unspecified atom stereocenters. The van der Waals surface area contributed by atoms with Crippen LogP contribution in [0.2, 0.25) is 0 Å². The number of hydrogen-bond donors (Lipinski definition) is 1. The van der Waals surface area contributed by atoms with Crippen molar-refractivity contribution in [3.8, 4) is 5.88 Å². The molecule has 0 radical (unpaired) electrons. The third kappa shape index (κ3) is 2.73. The van der Waals surface area contributed by atoms with Crippen molar-refractivity contribution in [1.82, 2.24) is 14.9 Å². The number of anilines is 2. The largest absolute Gasteiger partial charge is 0.476 e. The Kier molecular flexibility index (Phi) is 4.09. The SMILES string of the molecule is CCOc1ncnc(N2CC(C)N(C)C(C)C2)c1N. The van der Waals surface area contributed by atoms with E-state index < -0.39 is 0 Å². The summed E-state index contributed by atoms with van der Waals surface area (Å²) in [5.74, 6) is 1.26. The molecule has 1 aliphatic rings. The van der Waals surface area contributed by atoms with E-state index in [9.17, 15) is 0 Å². The maximum Gasteiger partial charge on any atom is 0.242 e. The lowest BCUT2D eigenvalue weighted by Gasteiger charge is -2.43. The van der Waals surface area contributed by atoms with E-state index in [4.69, 9.17) is 10.5 Å². The summed E-state index contributed by atoms with van der Waals surface area (Å²) in [7, 11) is 2.15. The molecule has 0 aromatic carbocycles. The lowest BCUT2D eigenvalue weighted by atomic mass is 10.1. The Labute approximate surface area is 114 Å². The van der Waals surface area contributed by atoms with E-state index in [2.05, 4.69) is 40.7 Å². The molecule has 6 heteroatoms. The predicted octanol–water partition coefficient (Wildman–Crippen LogP) is 0.986. The van der Waals surface area contributed by atoms with Crippen molar-refractivity contribution in [2.75, 3.05) is 37.4 Å². The molecule has 0 saturated carbocycles. The maximum absolute atomic E-state index is 6.12. The molecule has 2 N–H and O–H groups in total. The van der Waals surface area contributed by atoms with Crippen molar-refractivity contribution < 1.29 is 4.74 Å². The number of nitrogen functional groups attached to an aromatic ring is 1. The Morgan fingerprint density at radius 1 is 1.32 bits per heavy atom. The second-order valence-corrected chi connectivity index (χ2v) is 5.12. The molecule has 6 nitrogen and oxygen atoms in total. The Bertz CT molecular complexity index is 427. The van der Waals surface area contributed by atoms with Crippen molar-refractivity contribution >= 4 is 11.5 Å². The Hall–Kier alpha value is -1.56. The van der Waals surface area contributed by atoms with Gasteiger partial charge in [-0.15, -0.1) is 0 Å². The van der Waals surface area contributed by atoms with Gasteiger partial charge >= 0.3 is 0 Å². The van der Waals surface area contributed by atoms with Crippen molar-refractivity contribution in [1.29, 1.82) is 0 Å². The van der Waals surface area contributed by atoms with Crippen molar-refractivity contribution in [2.24, 2.45) is 0 Å². The molecule has 2 heterocycles. The normalized spacial score (nSPS) is 24.5. The molecule has 0 spiro atoms. The number of rotatable bonds is 3. The molecule has 1 aliphatic heterocycles. The Balaban J connectivity index is 2.24. The van der Waals surface area contributed by atoms with Gasteiger partial charge in [-0.2, -0.15) is 4.98 Å². The van der Waals surface area contributed by atoms with Crippen LogP contribution in [-0.2, 0) is 0 Å². The third-order valence-electron chi connectivity index (χ3n) is 3.77. The Morgan fingerprint density at radius 2 is 1.95 bits per heavy atom.